The number of nitrogens with one attached hydrogen (secondary N) is 2. The third-order valence-electron chi connectivity index (χ3n) is 6.59. The first kappa shape index (κ1) is 26.2. The molecule has 0 bridgehead atoms. The first-order valence-corrected chi connectivity index (χ1v) is 12.7. The molecule has 1 saturated carbocycles. The number of hydrogen-bond acceptors (Lipinski definition) is 5. The monoisotopic (exact) mass is 502 g/mol. The van der Waals surface area contributed by atoms with Gasteiger partial charge in [-0.15, -0.1) is 0 Å². The maximum absolute atomic E-state index is 12.7. The molecule has 2 N–H and O–H groups in total. The summed E-state index contributed by atoms with van der Waals surface area (Å²) in [6, 6.07) is 28.9. The van der Waals surface area contributed by atoms with Crippen LogP contribution in [0.4, 0.5) is 9.59 Å². The summed E-state index contributed by atoms with van der Waals surface area (Å²) in [6.45, 7) is 1.82. The van der Waals surface area contributed by atoms with Gasteiger partial charge in [-0.25, -0.2) is 9.59 Å². The summed E-state index contributed by atoms with van der Waals surface area (Å²) in [7, 11) is 0. The number of amides is 2. The van der Waals surface area contributed by atoms with Crippen molar-refractivity contribution in [1.82, 2.24) is 10.6 Å². The summed E-state index contributed by atoms with van der Waals surface area (Å²) in [5.74, 6) is 0.152. The smallest absolute Gasteiger partial charge is 0.407 e. The highest BCUT2D eigenvalue weighted by molar-refractivity contribution is 5.68. The Morgan fingerprint density at radius 2 is 1.14 bits per heavy atom. The summed E-state index contributed by atoms with van der Waals surface area (Å²) < 4.78 is 16.8. The number of carbonyl (C=O) groups is 2. The first-order valence-electron chi connectivity index (χ1n) is 12.7. The maximum atomic E-state index is 12.7. The highest BCUT2D eigenvalue weighted by Gasteiger charge is 2.37. The van der Waals surface area contributed by atoms with Crippen LogP contribution in [-0.4, -0.2) is 31.4 Å². The molecular formula is C30H34N2O5. The second kappa shape index (κ2) is 14.0. The van der Waals surface area contributed by atoms with E-state index in [1.165, 1.54) is 0 Å². The van der Waals surface area contributed by atoms with Gasteiger partial charge in [0.1, 0.15) is 13.2 Å². The van der Waals surface area contributed by atoms with Crippen molar-refractivity contribution in [2.24, 2.45) is 11.8 Å². The van der Waals surface area contributed by atoms with Crippen molar-refractivity contribution in [3.8, 4) is 0 Å². The molecule has 3 aromatic carbocycles. The Labute approximate surface area is 218 Å². The Balaban J connectivity index is 1.29. The van der Waals surface area contributed by atoms with Gasteiger partial charge < -0.3 is 24.8 Å². The number of rotatable bonds is 11. The van der Waals surface area contributed by atoms with Crippen LogP contribution in [0.1, 0.15) is 29.5 Å². The average molecular weight is 503 g/mol. The van der Waals surface area contributed by atoms with E-state index in [-0.39, 0.29) is 31.1 Å². The summed E-state index contributed by atoms with van der Waals surface area (Å²) in [4.78, 5) is 25.0. The second-order valence-electron chi connectivity index (χ2n) is 9.27. The van der Waals surface area contributed by atoms with E-state index in [9.17, 15) is 9.59 Å². The predicted molar refractivity (Wildman–Crippen MR) is 140 cm³/mol. The number of benzene rings is 3. The van der Waals surface area contributed by atoms with Gasteiger partial charge in [0.05, 0.1) is 13.2 Å². The normalized spacial score (nSPS) is 18.6. The van der Waals surface area contributed by atoms with Gasteiger partial charge in [0.25, 0.3) is 0 Å². The number of alkyl carbamates (subject to hydrolysis) is 2. The lowest BCUT2D eigenvalue weighted by atomic mass is 9.98. The third-order valence-corrected chi connectivity index (χ3v) is 6.59. The molecular weight excluding hydrogens is 468 g/mol. The molecule has 2 amide bonds. The van der Waals surface area contributed by atoms with Crippen LogP contribution < -0.4 is 10.6 Å². The van der Waals surface area contributed by atoms with Crippen molar-refractivity contribution in [3.63, 3.8) is 0 Å². The van der Waals surface area contributed by atoms with E-state index in [1.54, 1.807) is 0 Å². The second-order valence-corrected chi connectivity index (χ2v) is 9.27. The topological polar surface area (TPSA) is 85.9 Å². The molecule has 4 rings (SSSR count). The summed E-state index contributed by atoms with van der Waals surface area (Å²) in [5.41, 5.74) is 2.95. The Hall–Kier alpha value is -3.84. The Morgan fingerprint density at radius 3 is 1.70 bits per heavy atom. The predicted octanol–water partition coefficient (Wildman–Crippen LogP) is 5.45. The summed E-state index contributed by atoms with van der Waals surface area (Å²) >= 11 is 0. The molecule has 1 fully saturated rings. The van der Waals surface area contributed by atoms with Gasteiger partial charge in [-0.2, -0.15) is 0 Å². The molecule has 7 nitrogen and oxygen atoms in total. The fourth-order valence-electron chi connectivity index (χ4n) is 4.62. The molecule has 0 radical (unpaired) electrons. The molecule has 1 aliphatic rings. The fraction of sp³-hybridized carbons (Fsp3) is 0.333. The molecule has 0 aliphatic heterocycles. The fourth-order valence-corrected chi connectivity index (χ4v) is 4.62. The lowest BCUT2D eigenvalue weighted by Gasteiger charge is -2.26. The van der Waals surface area contributed by atoms with Crippen LogP contribution in [-0.2, 0) is 34.0 Å². The Morgan fingerprint density at radius 1 is 0.649 bits per heavy atom. The molecule has 3 atom stereocenters. The van der Waals surface area contributed by atoms with Crippen molar-refractivity contribution < 1.29 is 23.8 Å². The zero-order valence-electron chi connectivity index (χ0n) is 20.9. The van der Waals surface area contributed by atoms with Gasteiger partial charge >= 0.3 is 12.2 Å². The molecule has 0 heterocycles. The van der Waals surface area contributed by atoms with Crippen LogP contribution in [0.3, 0.4) is 0 Å². The lowest BCUT2D eigenvalue weighted by Crippen LogP contribution is -2.46. The van der Waals surface area contributed by atoms with Crippen molar-refractivity contribution in [2.45, 2.75) is 38.7 Å². The molecule has 0 saturated heterocycles. The molecule has 0 unspecified atom stereocenters. The van der Waals surface area contributed by atoms with Crippen molar-refractivity contribution in [2.75, 3.05) is 13.2 Å². The molecule has 3 aromatic rings. The minimum atomic E-state index is -0.474. The maximum Gasteiger partial charge on any atom is 0.407 e. The quantitative estimate of drug-likeness (QED) is 0.364. The average Bonchev–Trinajstić information content (AvgIpc) is 3.32. The van der Waals surface area contributed by atoms with Crippen molar-refractivity contribution in [1.29, 1.82) is 0 Å². The van der Waals surface area contributed by atoms with Crippen LogP contribution >= 0.6 is 0 Å². The van der Waals surface area contributed by atoms with Crippen LogP contribution in [0.15, 0.2) is 91.0 Å². The van der Waals surface area contributed by atoms with Gasteiger partial charge in [0.15, 0.2) is 0 Å². The SMILES string of the molecule is O=C(NC[C@H]1CC[C@@H](COCc2ccccc2)[C@@H]1NC(=O)OCc1ccccc1)OCc1ccccc1. The minimum absolute atomic E-state index is 0.0406. The van der Waals surface area contributed by atoms with Crippen LogP contribution in [0.25, 0.3) is 0 Å². The van der Waals surface area contributed by atoms with E-state index in [1.807, 2.05) is 91.0 Å². The molecule has 0 aromatic heterocycles. The van der Waals surface area contributed by atoms with Crippen LogP contribution in [0.2, 0.25) is 0 Å². The molecule has 7 heteroatoms. The van der Waals surface area contributed by atoms with E-state index in [2.05, 4.69) is 10.6 Å². The minimum Gasteiger partial charge on any atom is -0.445 e. The molecule has 194 valence electrons. The van der Waals surface area contributed by atoms with Gasteiger partial charge in [-0.1, -0.05) is 91.0 Å². The van der Waals surface area contributed by atoms with E-state index in [4.69, 9.17) is 14.2 Å². The largest absolute Gasteiger partial charge is 0.445 e. The van der Waals surface area contributed by atoms with Gasteiger partial charge in [0.2, 0.25) is 0 Å². The van der Waals surface area contributed by atoms with Gasteiger partial charge in [-0.05, 0) is 35.4 Å². The number of carbonyl (C=O) groups excluding carboxylic acids is 2. The summed E-state index contributed by atoms with van der Waals surface area (Å²) in [5, 5.41) is 5.91. The van der Waals surface area contributed by atoms with Crippen molar-refractivity contribution >= 4 is 12.2 Å². The molecule has 37 heavy (non-hydrogen) atoms. The van der Waals surface area contributed by atoms with Crippen LogP contribution in [0, 0.1) is 11.8 Å². The molecule has 1 aliphatic carbocycles. The third kappa shape index (κ3) is 8.65. The van der Waals surface area contributed by atoms with Crippen LogP contribution in [0.5, 0.6) is 0 Å². The lowest BCUT2D eigenvalue weighted by molar-refractivity contribution is 0.0730. The van der Waals surface area contributed by atoms with E-state index < -0.39 is 12.2 Å². The molecule has 0 spiro atoms. The Bertz CT molecular complexity index is 1090. The highest BCUT2D eigenvalue weighted by Crippen LogP contribution is 2.32. The van der Waals surface area contributed by atoms with Gasteiger partial charge in [-0.3, -0.25) is 0 Å². The van der Waals surface area contributed by atoms with E-state index in [0.29, 0.717) is 19.8 Å². The zero-order valence-corrected chi connectivity index (χ0v) is 20.9. The van der Waals surface area contributed by atoms with Gasteiger partial charge in [0, 0.05) is 18.5 Å². The summed E-state index contributed by atoms with van der Waals surface area (Å²) in [6.07, 6.45) is 0.782. The zero-order chi connectivity index (χ0) is 25.7. The standard InChI is InChI=1S/C30H34N2O5/c33-29(36-20-24-12-6-2-7-13-24)31-18-26-16-17-27(22-35-19-23-10-4-1-5-11-23)28(26)32-30(34)37-21-25-14-8-3-9-15-25/h1-15,26-28H,16-22H2,(H,31,33)(H,32,34)/t26-,27+,28-/m1/s1. The number of hydrogen-bond donors (Lipinski definition) is 2. The Kier molecular flexibility index (Phi) is 9.95. The van der Waals surface area contributed by atoms with E-state index in [0.717, 1.165) is 29.5 Å². The van der Waals surface area contributed by atoms with E-state index >= 15 is 0 Å². The first-order chi connectivity index (χ1) is 18.2. The van der Waals surface area contributed by atoms with Crippen molar-refractivity contribution in [3.05, 3.63) is 108 Å². The number of ether oxygens (including phenoxy) is 3. The highest BCUT2D eigenvalue weighted by atomic mass is 16.6.